The third-order valence-electron chi connectivity index (χ3n) is 5.10. The van der Waals surface area contributed by atoms with Gasteiger partial charge in [0, 0.05) is 18.5 Å². The first kappa shape index (κ1) is 31.5. The first-order chi connectivity index (χ1) is 15.1. The smallest absolute Gasteiger partial charge is 0.379 e. The monoisotopic (exact) mass is 530 g/mol. The third kappa shape index (κ3) is 23.5. The first-order valence-electron chi connectivity index (χ1n) is 12.4. The maximum atomic E-state index is 11.7. The standard InChI is InChI=1S/C23H48BrO6P/c1-3-5-6-7-8-9-10-11-12-13-14-15-16-17-19-27-21-23(28-4-2)22-30-31(25,26)29-20-18-24/h23H,3-22H2,1-2H3,(H,25,26). The molecule has 0 aliphatic carbocycles. The maximum Gasteiger partial charge on any atom is 0.472 e. The summed E-state index contributed by atoms with van der Waals surface area (Å²) in [6.07, 6.45) is 18.3. The summed E-state index contributed by atoms with van der Waals surface area (Å²) in [5.74, 6) is 0. The Kier molecular flexibility index (Phi) is 24.1. The van der Waals surface area contributed by atoms with Crippen LogP contribution in [0, 0.1) is 0 Å². The van der Waals surface area contributed by atoms with Crippen LogP contribution in [0.1, 0.15) is 104 Å². The molecule has 0 saturated heterocycles. The molecule has 0 aliphatic rings. The Morgan fingerprint density at radius 2 is 1.26 bits per heavy atom. The maximum absolute atomic E-state index is 11.7. The van der Waals surface area contributed by atoms with E-state index in [0.29, 0.717) is 25.2 Å². The minimum atomic E-state index is -4.03. The number of alkyl halides is 1. The van der Waals surface area contributed by atoms with Crippen molar-refractivity contribution in [3.05, 3.63) is 0 Å². The summed E-state index contributed by atoms with van der Waals surface area (Å²) >= 11 is 3.14. The molecule has 8 heteroatoms. The summed E-state index contributed by atoms with van der Waals surface area (Å²) in [7, 11) is -4.03. The molecule has 2 atom stereocenters. The second-order valence-electron chi connectivity index (χ2n) is 8.03. The zero-order valence-corrected chi connectivity index (χ0v) is 22.5. The summed E-state index contributed by atoms with van der Waals surface area (Å²) in [6.45, 7) is 5.76. The van der Waals surface area contributed by atoms with Crippen LogP contribution >= 0.6 is 23.8 Å². The Morgan fingerprint density at radius 3 is 1.74 bits per heavy atom. The van der Waals surface area contributed by atoms with Gasteiger partial charge >= 0.3 is 7.82 Å². The lowest BCUT2D eigenvalue weighted by molar-refractivity contribution is -0.0390. The number of hydrogen-bond acceptors (Lipinski definition) is 5. The fourth-order valence-corrected chi connectivity index (χ4v) is 4.52. The van der Waals surface area contributed by atoms with E-state index in [1.807, 2.05) is 6.92 Å². The fourth-order valence-electron chi connectivity index (χ4n) is 3.36. The van der Waals surface area contributed by atoms with Crippen LogP contribution in [0.15, 0.2) is 0 Å². The van der Waals surface area contributed by atoms with Gasteiger partial charge in [-0.1, -0.05) is 106 Å². The fraction of sp³-hybridized carbons (Fsp3) is 1.00. The molecule has 0 rings (SSSR count). The lowest BCUT2D eigenvalue weighted by atomic mass is 10.0. The topological polar surface area (TPSA) is 74.2 Å². The molecule has 0 saturated carbocycles. The van der Waals surface area contributed by atoms with E-state index >= 15 is 0 Å². The van der Waals surface area contributed by atoms with Crippen LogP contribution in [-0.2, 0) is 23.1 Å². The van der Waals surface area contributed by atoms with Gasteiger partial charge in [0.25, 0.3) is 0 Å². The molecule has 1 N–H and O–H groups in total. The van der Waals surface area contributed by atoms with Crippen LogP contribution in [0.2, 0.25) is 0 Å². The highest BCUT2D eigenvalue weighted by atomic mass is 79.9. The Bertz CT molecular complexity index is 414. The Morgan fingerprint density at radius 1 is 0.742 bits per heavy atom. The molecule has 0 spiro atoms. The van der Waals surface area contributed by atoms with E-state index in [4.69, 9.17) is 18.5 Å². The zero-order chi connectivity index (χ0) is 23.0. The van der Waals surface area contributed by atoms with Crippen molar-refractivity contribution >= 4 is 23.8 Å². The molecular formula is C23H48BrO6P. The largest absolute Gasteiger partial charge is 0.472 e. The van der Waals surface area contributed by atoms with Crippen molar-refractivity contribution in [3.8, 4) is 0 Å². The van der Waals surface area contributed by atoms with Gasteiger partial charge in [0.1, 0.15) is 6.10 Å². The highest BCUT2D eigenvalue weighted by Gasteiger charge is 2.23. The molecule has 6 nitrogen and oxygen atoms in total. The SMILES string of the molecule is CCCCCCCCCCCCCCCCOCC(COP(=O)(O)OCCBr)OCC. The van der Waals surface area contributed by atoms with Crippen molar-refractivity contribution < 1.29 is 28.0 Å². The summed E-state index contributed by atoms with van der Waals surface area (Å²) in [5, 5.41) is 0.470. The van der Waals surface area contributed by atoms with Gasteiger partial charge in [0.15, 0.2) is 0 Å². The van der Waals surface area contributed by atoms with Crippen LogP contribution in [-0.4, -0.2) is 49.4 Å². The second kappa shape index (κ2) is 23.7. The zero-order valence-electron chi connectivity index (χ0n) is 20.0. The highest BCUT2D eigenvalue weighted by molar-refractivity contribution is 9.09. The van der Waals surface area contributed by atoms with E-state index < -0.39 is 7.82 Å². The van der Waals surface area contributed by atoms with Crippen molar-refractivity contribution in [1.82, 2.24) is 0 Å². The summed E-state index contributed by atoms with van der Waals surface area (Å²) in [5.41, 5.74) is 0. The minimum absolute atomic E-state index is 0.0252. The second-order valence-corrected chi connectivity index (χ2v) is 10.3. The van der Waals surface area contributed by atoms with Crippen molar-refractivity contribution in [2.75, 3.05) is 38.4 Å². The predicted molar refractivity (Wildman–Crippen MR) is 132 cm³/mol. The van der Waals surface area contributed by atoms with Gasteiger partial charge in [-0.3, -0.25) is 9.05 Å². The Balaban J connectivity index is 3.50. The molecule has 0 fully saturated rings. The lowest BCUT2D eigenvalue weighted by Gasteiger charge is -2.19. The molecule has 0 aromatic rings. The van der Waals surface area contributed by atoms with Crippen molar-refractivity contribution in [2.24, 2.45) is 0 Å². The molecule has 0 radical (unpaired) electrons. The third-order valence-corrected chi connectivity index (χ3v) is 6.41. The number of ether oxygens (including phenoxy) is 2. The molecule has 188 valence electrons. The normalized spacial score (nSPS) is 14.6. The van der Waals surface area contributed by atoms with E-state index in [1.54, 1.807) is 0 Å². The molecule has 0 heterocycles. The van der Waals surface area contributed by atoms with E-state index in [9.17, 15) is 9.46 Å². The van der Waals surface area contributed by atoms with E-state index in [1.165, 1.54) is 83.5 Å². The van der Waals surface area contributed by atoms with Crippen LogP contribution in [0.5, 0.6) is 0 Å². The number of halogens is 1. The van der Waals surface area contributed by atoms with Crippen molar-refractivity contribution in [2.45, 2.75) is 110 Å². The molecule has 0 aromatic carbocycles. The van der Waals surface area contributed by atoms with Gasteiger partial charge in [-0.15, -0.1) is 0 Å². The van der Waals surface area contributed by atoms with Crippen LogP contribution in [0.25, 0.3) is 0 Å². The molecule has 2 unspecified atom stereocenters. The van der Waals surface area contributed by atoms with Gasteiger partial charge in [0.2, 0.25) is 0 Å². The van der Waals surface area contributed by atoms with Gasteiger partial charge in [-0.05, 0) is 13.3 Å². The number of rotatable bonds is 25. The highest BCUT2D eigenvalue weighted by Crippen LogP contribution is 2.43. The van der Waals surface area contributed by atoms with E-state index in [-0.39, 0.29) is 19.3 Å². The van der Waals surface area contributed by atoms with Gasteiger partial charge in [-0.25, -0.2) is 4.57 Å². The summed E-state index contributed by atoms with van der Waals surface area (Å²) < 4.78 is 32.7. The van der Waals surface area contributed by atoms with Crippen molar-refractivity contribution in [1.29, 1.82) is 0 Å². The Labute approximate surface area is 199 Å². The molecule has 0 aliphatic heterocycles. The van der Waals surface area contributed by atoms with Gasteiger partial charge in [0.05, 0.1) is 19.8 Å². The van der Waals surface area contributed by atoms with E-state index in [2.05, 4.69) is 22.9 Å². The quantitative estimate of drug-likeness (QED) is 0.0751. The van der Waals surface area contributed by atoms with Crippen LogP contribution in [0.4, 0.5) is 0 Å². The molecule has 31 heavy (non-hydrogen) atoms. The van der Waals surface area contributed by atoms with Crippen LogP contribution < -0.4 is 0 Å². The molecule has 0 bridgehead atoms. The molecule has 0 aromatic heterocycles. The lowest BCUT2D eigenvalue weighted by Crippen LogP contribution is -2.25. The summed E-state index contributed by atoms with van der Waals surface area (Å²) in [4.78, 5) is 9.57. The number of unbranched alkanes of at least 4 members (excludes halogenated alkanes) is 13. The number of phosphoric ester groups is 1. The summed E-state index contributed by atoms with van der Waals surface area (Å²) in [6, 6.07) is 0. The predicted octanol–water partition coefficient (Wildman–Crippen LogP) is 7.42. The number of hydrogen-bond donors (Lipinski definition) is 1. The van der Waals surface area contributed by atoms with Gasteiger partial charge < -0.3 is 14.4 Å². The van der Waals surface area contributed by atoms with Crippen LogP contribution in [0.3, 0.4) is 0 Å². The first-order valence-corrected chi connectivity index (χ1v) is 15.0. The molecular weight excluding hydrogens is 483 g/mol. The average molecular weight is 532 g/mol. The average Bonchev–Trinajstić information content (AvgIpc) is 2.75. The number of phosphoric acid groups is 1. The van der Waals surface area contributed by atoms with Crippen molar-refractivity contribution in [3.63, 3.8) is 0 Å². The molecule has 0 amide bonds. The Hall–Kier alpha value is 0.510. The minimum Gasteiger partial charge on any atom is -0.379 e. The van der Waals surface area contributed by atoms with Gasteiger partial charge in [-0.2, -0.15) is 0 Å². The van der Waals surface area contributed by atoms with E-state index in [0.717, 1.165) is 6.42 Å².